The van der Waals surface area contributed by atoms with Crippen LogP contribution in [0.3, 0.4) is 0 Å². The van der Waals surface area contributed by atoms with Crippen LogP contribution in [-0.4, -0.2) is 11.5 Å². The third-order valence-corrected chi connectivity index (χ3v) is 3.09. The number of nitrogens with two attached hydrogens (primary N) is 1. The van der Waals surface area contributed by atoms with Crippen molar-refractivity contribution in [3.8, 4) is 0 Å². The summed E-state index contributed by atoms with van der Waals surface area (Å²) in [5.41, 5.74) is 5.58. The number of aromatic nitrogens is 1. The van der Waals surface area contributed by atoms with E-state index in [2.05, 4.69) is 11.9 Å². The first kappa shape index (κ1) is 9.71. The topological polar surface area (TPSA) is 52.0 Å². The minimum absolute atomic E-state index is 0.289. The van der Waals surface area contributed by atoms with Crippen molar-refractivity contribution >= 4 is 0 Å². The van der Waals surface area contributed by atoms with Gasteiger partial charge in [0.2, 0.25) is 0 Å². The van der Waals surface area contributed by atoms with Gasteiger partial charge in [-0.1, -0.05) is 19.8 Å². The molecular weight excluding hydrogens is 176 g/mol. The predicted molar refractivity (Wildman–Crippen MR) is 55.2 cm³/mol. The maximum Gasteiger partial charge on any atom is 0.197 e. The summed E-state index contributed by atoms with van der Waals surface area (Å²) in [6.07, 6.45) is 6.93. The van der Waals surface area contributed by atoms with Gasteiger partial charge in [0.1, 0.15) is 5.76 Å². The quantitative estimate of drug-likeness (QED) is 0.803. The summed E-state index contributed by atoms with van der Waals surface area (Å²) < 4.78 is 5.73. The number of hydrogen-bond acceptors (Lipinski definition) is 3. The first-order valence-corrected chi connectivity index (χ1v) is 5.47. The molecule has 0 radical (unpaired) electrons. The maximum atomic E-state index is 5.73. The number of rotatable bonds is 3. The molecule has 0 saturated heterocycles. The van der Waals surface area contributed by atoms with Crippen LogP contribution < -0.4 is 5.73 Å². The van der Waals surface area contributed by atoms with Crippen molar-refractivity contribution in [2.45, 2.75) is 44.4 Å². The van der Waals surface area contributed by atoms with E-state index in [-0.39, 0.29) is 5.92 Å². The molecule has 1 fully saturated rings. The minimum atomic E-state index is 0.289. The second kappa shape index (κ2) is 4.13. The lowest BCUT2D eigenvalue weighted by Crippen LogP contribution is -2.07. The van der Waals surface area contributed by atoms with Gasteiger partial charge in [-0.25, -0.2) is 4.98 Å². The van der Waals surface area contributed by atoms with E-state index in [0.717, 1.165) is 11.7 Å². The van der Waals surface area contributed by atoms with E-state index in [1.165, 1.54) is 25.7 Å². The highest BCUT2D eigenvalue weighted by atomic mass is 16.4. The van der Waals surface area contributed by atoms with E-state index in [1.807, 2.05) is 6.20 Å². The van der Waals surface area contributed by atoms with Crippen LogP contribution in [-0.2, 0) is 0 Å². The van der Waals surface area contributed by atoms with Crippen LogP contribution in [0.15, 0.2) is 10.6 Å². The Hall–Kier alpha value is -0.830. The highest BCUT2D eigenvalue weighted by Gasteiger charge is 2.22. The lowest BCUT2D eigenvalue weighted by atomic mass is 10.1. The van der Waals surface area contributed by atoms with Crippen LogP contribution >= 0.6 is 0 Å². The standard InChI is InChI=1S/C11H18N2O/c1-8(6-12)10-7-13-11(14-10)9-4-2-3-5-9/h7-9H,2-6,12H2,1H3. The third-order valence-electron chi connectivity index (χ3n) is 3.09. The molecule has 1 saturated carbocycles. The van der Waals surface area contributed by atoms with Gasteiger partial charge in [-0.05, 0) is 12.8 Å². The molecule has 1 heterocycles. The smallest absolute Gasteiger partial charge is 0.197 e. The van der Waals surface area contributed by atoms with Crippen molar-refractivity contribution in [3.05, 3.63) is 17.8 Å². The summed E-state index contributed by atoms with van der Waals surface area (Å²) in [6, 6.07) is 0. The highest BCUT2D eigenvalue weighted by Crippen LogP contribution is 2.34. The molecule has 3 heteroatoms. The molecule has 2 rings (SSSR count). The lowest BCUT2D eigenvalue weighted by Gasteiger charge is -2.04. The number of hydrogen-bond donors (Lipinski definition) is 1. The van der Waals surface area contributed by atoms with Crippen molar-refractivity contribution in [2.75, 3.05) is 6.54 Å². The molecule has 1 aromatic rings. The second-order valence-electron chi connectivity index (χ2n) is 4.22. The third kappa shape index (κ3) is 1.82. The van der Waals surface area contributed by atoms with E-state index in [9.17, 15) is 0 Å². The van der Waals surface area contributed by atoms with Crippen molar-refractivity contribution in [1.29, 1.82) is 0 Å². The average molecular weight is 194 g/mol. The van der Waals surface area contributed by atoms with Gasteiger partial charge in [0.15, 0.2) is 5.89 Å². The predicted octanol–water partition coefficient (Wildman–Crippen LogP) is 2.39. The second-order valence-corrected chi connectivity index (χ2v) is 4.22. The number of oxazole rings is 1. The Morgan fingerprint density at radius 2 is 2.29 bits per heavy atom. The van der Waals surface area contributed by atoms with Gasteiger partial charge >= 0.3 is 0 Å². The van der Waals surface area contributed by atoms with Crippen LogP contribution in [0.25, 0.3) is 0 Å². The van der Waals surface area contributed by atoms with Gasteiger partial charge in [-0.3, -0.25) is 0 Å². The average Bonchev–Trinajstić information content (AvgIpc) is 2.86. The zero-order chi connectivity index (χ0) is 9.97. The fraction of sp³-hybridized carbons (Fsp3) is 0.727. The minimum Gasteiger partial charge on any atom is -0.445 e. The molecule has 0 aromatic carbocycles. The van der Waals surface area contributed by atoms with Crippen molar-refractivity contribution in [3.63, 3.8) is 0 Å². The van der Waals surface area contributed by atoms with Crippen molar-refractivity contribution in [2.24, 2.45) is 5.73 Å². The van der Waals surface area contributed by atoms with Crippen LogP contribution in [0.5, 0.6) is 0 Å². The molecule has 14 heavy (non-hydrogen) atoms. The number of nitrogens with zero attached hydrogens (tertiary/aromatic N) is 1. The van der Waals surface area contributed by atoms with Gasteiger partial charge in [0.25, 0.3) is 0 Å². The molecule has 1 aliphatic rings. The van der Waals surface area contributed by atoms with Crippen LogP contribution in [0.1, 0.15) is 56.1 Å². The van der Waals surface area contributed by atoms with Crippen molar-refractivity contribution < 1.29 is 4.42 Å². The summed E-state index contributed by atoms with van der Waals surface area (Å²) >= 11 is 0. The molecule has 2 N–H and O–H groups in total. The summed E-state index contributed by atoms with van der Waals surface area (Å²) in [5, 5.41) is 0. The first-order chi connectivity index (χ1) is 6.81. The van der Waals surface area contributed by atoms with Gasteiger partial charge in [-0.2, -0.15) is 0 Å². The monoisotopic (exact) mass is 194 g/mol. The molecule has 3 nitrogen and oxygen atoms in total. The Kier molecular flexibility index (Phi) is 2.87. The summed E-state index contributed by atoms with van der Waals surface area (Å²) in [5.74, 6) is 2.72. The summed E-state index contributed by atoms with van der Waals surface area (Å²) in [4.78, 5) is 4.34. The Balaban J connectivity index is 2.08. The normalized spacial score (nSPS) is 20.1. The van der Waals surface area contributed by atoms with Gasteiger partial charge in [0, 0.05) is 18.4 Å². The molecule has 78 valence electrons. The van der Waals surface area contributed by atoms with E-state index in [4.69, 9.17) is 10.2 Å². The molecule has 0 bridgehead atoms. The SMILES string of the molecule is CC(CN)c1cnc(C2CCCC2)o1. The first-order valence-electron chi connectivity index (χ1n) is 5.47. The Labute approximate surface area is 84.7 Å². The van der Waals surface area contributed by atoms with E-state index in [1.54, 1.807) is 0 Å². The maximum absolute atomic E-state index is 5.73. The molecule has 0 amide bonds. The zero-order valence-electron chi connectivity index (χ0n) is 8.70. The van der Waals surface area contributed by atoms with Gasteiger partial charge in [0.05, 0.1) is 6.20 Å². The summed E-state index contributed by atoms with van der Waals surface area (Å²) in [7, 11) is 0. The van der Waals surface area contributed by atoms with E-state index >= 15 is 0 Å². The molecule has 0 spiro atoms. The van der Waals surface area contributed by atoms with E-state index in [0.29, 0.717) is 12.5 Å². The highest BCUT2D eigenvalue weighted by molar-refractivity contribution is 5.04. The fourth-order valence-electron chi connectivity index (χ4n) is 2.01. The van der Waals surface area contributed by atoms with Gasteiger partial charge in [-0.15, -0.1) is 0 Å². The molecule has 1 aromatic heterocycles. The van der Waals surface area contributed by atoms with Crippen molar-refractivity contribution in [1.82, 2.24) is 4.98 Å². The van der Waals surface area contributed by atoms with Crippen LogP contribution in [0.4, 0.5) is 0 Å². The summed E-state index contributed by atoms with van der Waals surface area (Å²) in [6.45, 7) is 2.69. The molecule has 1 aliphatic carbocycles. The Bertz CT molecular complexity index is 289. The van der Waals surface area contributed by atoms with E-state index < -0.39 is 0 Å². The molecular formula is C11H18N2O. The zero-order valence-corrected chi connectivity index (χ0v) is 8.70. The lowest BCUT2D eigenvalue weighted by molar-refractivity contribution is 0.403. The van der Waals surface area contributed by atoms with Crippen LogP contribution in [0, 0.1) is 0 Å². The van der Waals surface area contributed by atoms with Gasteiger partial charge < -0.3 is 10.2 Å². The largest absolute Gasteiger partial charge is 0.445 e. The van der Waals surface area contributed by atoms with Crippen LogP contribution in [0.2, 0.25) is 0 Å². The molecule has 0 aliphatic heterocycles. The Morgan fingerprint density at radius 3 is 2.93 bits per heavy atom. The Morgan fingerprint density at radius 1 is 1.57 bits per heavy atom. The molecule has 1 atom stereocenters. The fourth-order valence-corrected chi connectivity index (χ4v) is 2.01. The molecule has 1 unspecified atom stereocenters.